The topological polar surface area (TPSA) is 0 Å². The Kier molecular flexibility index (Phi) is 5.25. The molecule has 0 saturated heterocycles. The summed E-state index contributed by atoms with van der Waals surface area (Å²) in [6.07, 6.45) is 0. The van der Waals surface area contributed by atoms with Gasteiger partial charge in [0.2, 0.25) is 0 Å². The van der Waals surface area contributed by atoms with Gasteiger partial charge < -0.3 is 0 Å². The quantitative estimate of drug-likeness (QED) is 0.207. The standard InChI is InChI=1S/C28H24.C9H12/c1-27(2)22-12-8-7-11-19(22)20-15-25-21(16-24(20)27)26-18-10-6-5-9-17(18)13-14-23(26)28(25,3)4;1-7-4-5-8(2)9(3)6-7/h5-16H,1-4H3;4-6H,1-3H3. The second-order valence-corrected chi connectivity index (χ2v) is 12.0. The molecule has 0 heteroatoms. The first kappa shape index (κ1) is 23.7. The normalized spacial score (nSPS) is 15.3. The summed E-state index contributed by atoms with van der Waals surface area (Å²) in [5.74, 6) is 0. The zero-order chi connectivity index (χ0) is 26.1. The fourth-order valence-corrected chi connectivity index (χ4v) is 6.59. The zero-order valence-electron chi connectivity index (χ0n) is 23.2. The van der Waals surface area contributed by atoms with Crippen LogP contribution in [-0.2, 0) is 10.8 Å². The Morgan fingerprint density at radius 3 is 1.86 bits per heavy atom. The number of hydrogen-bond acceptors (Lipinski definition) is 0. The van der Waals surface area contributed by atoms with Crippen molar-refractivity contribution in [3.63, 3.8) is 0 Å². The second-order valence-electron chi connectivity index (χ2n) is 12.0. The SMILES string of the molecule is CC1(C)c2ccccc2-c2cc3c(cc21)-c1c(ccc2ccccc12)C3(C)C.Cc1ccc(C)c(C)c1. The highest BCUT2D eigenvalue weighted by molar-refractivity contribution is 6.03. The first-order valence-electron chi connectivity index (χ1n) is 13.5. The Bertz CT molecular complexity index is 1690. The van der Waals surface area contributed by atoms with Crippen molar-refractivity contribution in [3.05, 3.63) is 130 Å². The third-order valence-corrected chi connectivity index (χ3v) is 8.93. The second kappa shape index (κ2) is 8.18. The summed E-state index contributed by atoms with van der Waals surface area (Å²) in [5.41, 5.74) is 15.7. The molecule has 0 aliphatic heterocycles. The minimum Gasteiger partial charge on any atom is -0.0619 e. The fraction of sp³-hybridized carbons (Fsp3) is 0.243. The van der Waals surface area contributed by atoms with Gasteiger partial charge in [0.25, 0.3) is 0 Å². The molecule has 0 saturated carbocycles. The van der Waals surface area contributed by atoms with Crippen molar-refractivity contribution in [2.45, 2.75) is 59.3 Å². The minimum atomic E-state index is 0.0193. The van der Waals surface area contributed by atoms with Crippen molar-refractivity contribution >= 4 is 10.8 Å². The van der Waals surface area contributed by atoms with E-state index in [0.717, 1.165) is 0 Å². The molecule has 0 atom stereocenters. The van der Waals surface area contributed by atoms with Gasteiger partial charge in [0.15, 0.2) is 0 Å². The summed E-state index contributed by atoms with van der Waals surface area (Å²) in [6, 6.07) is 33.9. The maximum atomic E-state index is 2.50. The third kappa shape index (κ3) is 3.50. The lowest BCUT2D eigenvalue weighted by molar-refractivity contribution is 0.652. The van der Waals surface area contributed by atoms with Gasteiger partial charge in [-0.1, -0.05) is 112 Å². The van der Waals surface area contributed by atoms with Crippen LogP contribution < -0.4 is 0 Å². The highest BCUT2D eigenvalue weighted by Gasteiger charge is 2.41. The molecule has 7 rings (SSSR count). The first-order chi connectivity index (χ1) is 17.6. The van der Waals surface area contributed by atoms with Crippen LogP contribution >= 0.6 is 0 Å². The Balaban J connectivity index is 0.000000239. The van der Waals surface area contributed by atoms with Crippen LogP contribution in [0.15, 0.2) is 91.0 Å². The molecule has 0 radical (unpaired) electrons. The van der Waals surface area contributed by atoms with Gasteiger partial charge in [0, 0.05) is 10.8 Å². The van der Waals surface area contributed by atoms with Crippen LogP contribution in [0.5, 0.6) is 0 Å². The molecule has 2 aliphatic carbocycles. The van der Waals surface area contributed by atoms with E-state index in [-0.39, 0.29) is 10.8 Å². The Labute approximate surface area is 222 Å². The van der Waals surface area contributed by atoms with E-state index < -0.39 is 0 Å². The molecule has 0 heterocycles. The van der Waals surface area contributed by atoms with Gasteiger partial charge in [-0.05, 0) is 99.3 Å². The molecule has 0 amide bonds. The van der Waals surface area contributed by atoms with E-state index in [2.05, 4.69) is 139 Å². The third-order valence-electron chi connectivity index (χ3n) is 8.93. The van der Waals surface area contributed by atoms with E-state index in [4.69, 9.17) is 0 Å². The molecule has 0 bridgehead atoms. The predicted octanol–water partition coefficient (Wildman–Crippen LogP) is 10.1. The van der Waals surface area contributed by atoms with Crippen LogP contribution in [0.25, 0.3) is 33.0 Å². The Hall–Kier alpha value is -3.64. The van der Waals surface area contributed by atoms with Crippen LogP contribution in [0.1, 0.15) is 66.6 Å². The van der Waals surface area contributed by atoms with Gasteiger partial charge in [-0.2, -0.15) is 0 Å². The maximum absolute atomic E-state index is 2.50. The average molecular weight is 481 g/mol. The summed E-state index contributed by atoms with van der Waals surface area (Å²) < 4.78 is 0. The number of aryl methyl sites for hydroxylation is 3. The van der Waals surface area contributed by atoms with Crippen LogP contribution in [0, 0.1) is 20.8 Å². The first-order valence-corrected chi connectivity index (χ1v) is 13.5. The van der Waals surface area contributed by atoms with Crippen LogP contribution in [0.2, 0.25) is 0 Å². The van der Waals surface area contributed by atoms with E-state index in [1.54, 1.807) is 0 Å². The average Bonchev–Trinajstić information content (AvgIpc) is 3.25. The molecular weight excluding hydrogens is 444 g/mol. The Morgan fingerprint density at radius 2 is 1.11 bits per heavy atom. The summed E-state index contributed by atoms with van der Waals surface area (Å²) >= 11 is 0. The number of fused-ring (bicyclic) bond motifs is 8. The highest BCUT2D eigenvalue weighted by atomic mass is 14.4. The van der Waals surface area contributed by atoms with Crippen molar-refractivity contribution in [3.8, 4) is 22.3 Å². The summed E-state index contributed by atoms with van der Waals surface area (Å²) in [5, 5.41) is 2.70. The van der Waals surface area contributed by atoms with Crippen LogP contribution in [-0.4, -0.2) is 0 Å². The molecule has 0 spiro atoms. The molecule has 0 unspecified atom stereocenters. The van der Waals surface area contributed by atoms with Crippen LogP contribution in [0.4, 0.5) is 0 Å². The largest absolute Gasteiger partial charge is 0.0619 e. The summed E-state index contributed by atoms with van der Waals surface area (Å²) in [7, 11) is 0. The highest BCUT2D eigenvalue weighted by Crippen LogP contribution is 2.57. The molecular formula is C37H36. The van der Waals surface area contributed by atoms with E-state index in [1.807, 2.05) is 0 Å². The maximum Gasteiger partial charge on any atom is 0.0159 e. The fourth-order valence-electron chi connectivity index (χ4n) is 6.59. The number of rotatable bonds is 0. The smallest absolute Gasteiger partial charge is 0.0159 e. The monoisotopic (exact) mass is 480 g/mol. The van der Waals surface area contributed by atoms with E-state index in [9.17, 15) is 0 Å². The van der Waals surface area contributed by atoms with Gasteiger partial charge in [0.05, 0.1) is 0 Å². The molecule has 0 nitrogen and oxygen atoms in total. The van der Waals surface area contributed by atoms with Gasteiger partial charge in [0.1, 0.15) is 0 Å². The van der Waals surface area contributed by atoms with Crippen LogP contribution in [0.3, 0.4) is 0 Å². The van der Waals surface area contributed by atoms with Crippen molar-refractivity contribution in [2.24, 2.45) is 0 Å². The minimum absolute atomic E-state index is 0.0193. The molecule has 0 aromatic heterocycles. The molecule has 0 fully saturated rings. The van der Waals surface area contributed by atoms with Gasteiger partial charge in [-0.3, -0.25) is 0 Å². The molecule has 2 aliphatic rings. The van der Waals surface area contributed by atoms with Gasteiger partial charge in [-0.25, -0.2) is 0 Å². The van der Waals surface area contributed by atoms with E-state index in [0.29, 0.717) is 0 Å². The van der Waals surface area contributed by atoms with Gasteiger partial charge in [-0.15, -0.1) is 0 Å². The molecule has 0 N–H and O–H groups in total. The summed E-state index contributed by atoms with van der Waals surface area (Å²) in [6.45, 7) is 15.9. The van der Waals surface area contributed by atoms with Crippen molar-refractivity contribution in [1.29, 1.82) is 0 Å². The molecule has 184 valence electrons. The lowest BCUT2D eigenvalue weighted by atomic mass is 9.79. The summed E-state index contributed by atoms with van der Waals surface area (Å²) in [4.78, 5) is 0. The number of hydrogen-bond donors (Lipinski definition) is 0. The lowest BCUT2D eigenvalue weighted by Crippen LogP contribution is -2.16. The molecule has 5 aromatic carbocycles. The van der Waals surface area contributed by atoms with E-state index in [1.165, 1.54) is 72.0 Å². The molecule has 5 aromatic rings. The Morgan fingerprint density at radius 1 is 0.459 bits per heavy atom. The zero-order valence-corrected chi connectivity index (χ0v) is 23.2. The van der Waals surface area contributed by atoms with Crippen molar-refractivity contribution < 1.29 is 0 Å². The van der Waals surface area contributed by atoms with Crippen molar-refractivity contribution in [1.82, 2.24) is 0 Å². The van der Waals surface area contributed by atoms with E-state index >= 15 is 0 Å². The predicted molar refractivity (Wildman–Crippen MR) is 160 cm³/mol. The van der Waals surface area contributed by atoms with Crippen molar-refractivity contribution in [2.75, 3.05) is 0 Å². The van der Waals surface area contributed by atoms with Gasteiger partial charge >= 0.3 is 0 Å². The molecule has 37 heavy (non-hydrogen) atoms. The lowest BCUT2D eigenvalue weighted by Gasteiger charge is -2.24. The number of benzene rings is 5.